The highest BCUT2D eigenvalue weighted by atomic mass is 16.4. The van der Waals surface area contributed by atoms with Crippen LogP contribution in [0.5, 0.6) is 0 Å². The summed E-state index contributed by atoms with van der Waals surface area (Å²) in [5.74, 6) is -0.393. The van der Waals surface area contributed by atoms with Gasteiger partial charge < -0.3 is 5.11 Å². The molecule has 0 aliphatic rings. The summed E-state index contributed by atoms with van der Waals surface area (Å²) in [7, 11) is 0. The number of H-pyrrole nitrogens is 1. The van der Waals surface area contributed by atoms with Crippen LogP contribution in [-0.4, -0.2) is 25.8 Å². The number of aromatic amines is 1. The van der Waals surface area contributed by atoms with Crippen LogP contribution in [0.4, 0.5) is 0 Å². The highest BCUT2D eigenvalue weighted by Gasteiger charge is 2.10. The SMILES string of the molecule is O=C(O)c1cccn1-c1cc[nH]n1. The van der Waals surface area contributed by atoms with Crippen LogP contribution in [0.1, 0.15) is 10.5 Å². The van der Waals surface area contributed by atoms with Gasteiger partial charge in [-0.1, -0.05) is 0 Å². The van der Waals surface area contributed by atoms with E-state index in [1.165, 1.54) is 10.6 Å². The predicted octanol–water partition coefficient (Wildman–Crippen LogP) is 0.899. The number of rotatable bonds is 2. The molecule has 0 aliphatic carbocycles. The Bertz CT molecular complexity index is 416. The Morgan fingerprint density at radius 1 is 1.54 bits per heavy atom. The Labute approximate surface area is 73.6 Å². The summed E-state index contributed by atoms with van der Waals surface area (Å²) in [4.78, 5) is 10.7. The number of nitrogens with one attached hydrogen (secondary N) is 1. The molecule has 0 radical (unpaired) electrons. The zero-order chi connectivity index (χ0) is 9.26. The first-order valence-electron chi connectivity index (χ1n) is 3.70. The Morgan fingerprint density at radius 3 is 3.00 bits per heavy atom. The van der Waals surface area contributed by atoms with Crippen molar-refractivity contribution in [3.05, 3.63) is 36.3 Å². The number of carboxylic acids is 1. The van der Waals surface area contributed by atoms with Gasteiger partial charge in [0.05, 0.1) is 0 Å². The maximum atomic E-state index is 10.7. The second kappa shape index (κ2) is 2.78. The van der Waals surface area contributed by atoms with Gasteiger partial charge in [-0.2, -0.15) is 5.10 Å². The Kier molecular flexibility index (Phi) is 1.63. The van der Waals surface area contributed by atoms with Gasteiger partial charge >= 0.3 is 5.97 Å². The standard InChI is InChI=1S/C8H7N3O2/c12-8(13)6-2-1-5-11(6)7-3-4-9-10-7/h1-5H,(H,9,10)(H,12,13). The number of nitrogens with zero attached hydrogens (tertiary/aromatic N) is 2. The number of aromatic nitrogens is 3. The van der Waals surface area contributed by atoms with Crippen LogP contribution in [0, 0.1) is 0 Å². The van der Waals surface area contributed by atoms with E-state index in [9.17, 15) is 4.79 Å². The first-order valence-corrected chi connectivity index (χ1v) is 3.70. The van der Waals surface area contributed by atoms with Crippen molar-refractivity contribution in [1.82, 2.24) is 14.8 Å². The smallest absolute Gasteiger partial charge is 0.352 e. The second-order valence-electron chi connectivity index (χ2n) is 2.50. The maximum absolute atomic E-state index is 10.7. The van der Waals surface area contributed by atoms with Crippen molar-refractivity contribution in [3.63, 3.8) is 0 Å². The molecule has 0 fully saturated rings. The zero-order valence-corrected chi connectivity index (χ0v) is 6.64. The quantitative estimate of drug-likeness (QED) is 0.715. The van der Waals surface area contributed by atoms with Crippen LogP contribution >= 0.6 is 0 Å². The third kappa shape index (κ3) is 1.20. The lowest BCUT2D eigenvalue weighted by atomic mass is 10.4. The van der Waals surface area contributed by atoms with Crippen molar-refractivity contribution < 1.29 is 9.90 Å². The van der Waals surface area contributed by atoms with Gasteiger partial charge in [0.25, 0.3) is 0 Å². The van der Waals surface area contributed by atoms with Crippen LogP contribution in [0.2, 0.25) is 0 Å². The fourth-order valence-electron chi connectivity index (χ4n) is 1.14. The second-order valence-corrected chi connectivity index (χ2v) is 2.50. The molecule has 2 heterocycles. The van der Waals surface area contributed by atoms with Crippen molar-refractivity contribution in [3.8, 4) is 5.82 Å². The molecule has 5 nitrogen and oxygen atoms in total. The van der Waals surface area contributed by atoms with Gasteiger partial charge in [-0.05, 0) is 12.1 Å². The van der Waals surface area contributed by atoms with E-state index in [0.29, 0.717) is 5.82 Å². The summed E-state index contributed by atoms with van der Waals surface area (Å²) in [5, 5.41) is 15.3. The van der Waals surface area contributed by atoms with Crippen molar-refractivity contribution >= 4 is 5.97 Å². The van der Waals surface area contributed by atoms with E-state index in [0.717, 1.165) is 0 Å². The van der Waals surface area contributed by atoms with E-state index in [1.54, 1.807) is 24.5 Å². The van der Waals surface area contributed by atoms with Gasteiger partial charge in [-0.3, -0.25) is 9.67 Å². The Hall–Kier alpha value is -2.04. The Balaban J connectivity index is 2.52. The molecular formula is C8H7N3O2. The molecule has 0 aliphatic heterocycles. The molecule has 0 bridgehead atoms. The summed E-state index contributed by atoms with van der Waals surface area (Å²) in [5.41, 5.74) is 0.201. The molecule has 2 N–H and O–H groups in total. The molecule has 2 rings (SSSR count). The monoisotopic (exact) mass is 177 g/mol. The average molecular weight is 177 g/mol. The van der Waals surface area contributed by atoms with Crippen LogP contribution in [-0.2, 0) is 0 Å². The first kappa shape index (κ1) is 7.60. The van der Waals surface area contributed by atoms with Crippen molar-refractivity contribution in [2.45, 2.75) is 0 Å². The number of aromatic carboxylic acids is 1. The normalized spacial score (nSPS) is 10.2. The summed E-state index contributed by atoms with van der Waals surface area (Å²) in [6, 6.07) is 4.89. The first-order chi connectivity index (χ1) is 6.29. The third-order valence-electron chi connectivity index (χ3n) is 1.70. The number of hydrogen-bond donors (Lipinski definition) is 2. The highest BCUT2D eigenvalue weighted by molar-refractivity contribution is 5.86. The zero-order valence-electron chi connectivity index (χ0n) is 6.64. The molecule has 66 valence electrons. The third-order valence-corrected chi connectivity index (χ3v) is 1.70. The van der Waals surface area contributed by atoms with Gasteiger partial charge in [0.1, 0.15) is 5.69 Å². The van der Waals surface area contributed by atoms with Gasteiger partial charge in [0.15, 0.2) is 5.82 Å². The van der Waals surface area contributed by atoms with Crippen LogP contribution in [0.15, 0.2) is 30.6 Å². The molecule has 13 heavy (non-hydrogen) atoms. The molecule has 0 spiro atoms. The minimum atomic E-state index is -0.965. The fourth-order valence-corrected chi connectivity index (χ4v) is 1.14. The molecule has 0 atom stereocenters. The van der Waals surface area contributed by atoms with E-state index in [1.807, 2.05) is 0 Å². The number of carboxylic acid groups (broad SMARTS) is 1. The molecule has 0 amide bonds. The van der Waals surface area contributed by atoms with Gasteiger partial charge in [0, 0.05) is 18.5 Å². The van der Waals surface area contributed by atoms with E-state index in [-0.39, 0.29) is 5.69 Å². The number of hydrogen-bond acceptors (Lipinski definition) is 2. The fraction of sp³-hybridized carbons (Fsp3) is 0. The van der Waals surface area contributed by atoms with Crippen molar-refractivity contribution in [1.29, 1.82) is 0 Å². The summed E-state index contributed by atoms with van der Waals surface area (Å²) in [6.45, 7) is 0. The molecule has 2 aromatic rings. The largest absolute Gasteiger partial charge is 0.477 e. The summed E-state index contributed by atoms with van der Waals surface area (Å²) >= 11 is 0. The molecule has 5 heteroatoms. The molecule has 0 saturated heterocycles. The highest BCUT2D eigenvalue weighted by Crippen LogP contribution is 2.08. The van der Waals surface area contributed by atoms with E-state index < -0.39 is 5.97 Å². The molecular weight excluding hydrogens is 170 g/mol. The van der Waals surface area contributed by atoms with Gasteiger partial charge in [-0.15, -0.1) is 0 Å². The maximum Gasteiger partial charge on any atom is 0.352 e. The molecule has 0 unspecified atom stereocenters. The number of carbonyl (C=O) groups is 1. The van der Waals surface area contributed by atoms with E-state index >= 15 is 0 Å². The lowest BCUT2D eigenvalue weighted by Crippen LogP contribution is -2.05. The van der Waals surface area contributed by atoms with E-state index in [2.05, 4.69) is 10.2 Å². The van der Waals surface area contributed by atoms with Crippen molar-refractivity contribution in [2.24, 2.45) is 0 Å². The van der Waals surface area contributed by atoms with Crippen LogP contribution < -0.4 is 0 Å². The minimum absolute atomic E-state index is 0.201. The van der Waals surface area contributed by atoms with Crippen molar-refractivity contribution in [2.75, 3.05) is 0 Å². The molecule has 2 aromatic heterocycles. The summed E-state index contributed by atoms with van der Waals surface area (Å²) < 4.78 is 1.50. The Morgan fingerprint density at radius 2 is 2.38 bits per heavy atom. The van der Waals surface area contributed by atoms with Crippen LogP contribution in [0.3, 0.4) is 0 Å². The predicted molar refractivity (Wildman–Crippen MR) is 44.9 cm³/mol. The lowest BCUT2D eigenvalue weighted by molar-refractivity contribution is 0.0688. The van der Waals surface area contributed by atoms with E-state index in [4.69, 9.17) is 5.11 Å². The topological polar surface area (TPSA) is 70.9 Å². The van der Waals surface area contributed by atoms with Gasteiger partial charge in [0.2, 0.25) is 0 Å². The van der Waals surface area contributed by atoms with Gasteiger partial charge in [-0.25, -0.2) is 4.79 Å². The van der Waals surface area contributed by atoms with Crippen LogP contribution in [0.25, 0.3) is 5.82 Å². The lowest BCUT2D eigenvalue weighted by Gasteiger charge is -1.99. The molecule has 0 saturated carbocycles. The summed E-state index contributed by atoms with van der Waals surface area (Å²) in [6.07, 6.45) is 3.29. The average Bonchev–Trinajstić information content (AvgIpc) is 2.74. The minimum Gasteiger partial charge on any atom is -0.477 e. The molecule has 0 aromatic carbocycles.